The van der Waals surface area contributed by atoms with Crippen LogP contribution < -0.4 is 0 Å². The van der Waals surface area contributed by atoms with Crippen LogP contribution in [0.5, 0.6) is 0 Å². The SMILES string of the molecule is c1ccc(-c2cc(-c3ccccc3)cc(-c3cc(-c4nc(-c5ccccc5)nc(-c5ccccc5)n4)c4c(c3)oc3ccccc34)c2)cc1. The summed E-state index contributed by atoms with van der Waals surface area (Å²) in [7, 11) is 0. The lowest BCUT2D eigenvalue weighted by Crippen LogP contribution is -2.00. The van der Waals surface area contributed by atoms with E-state index in [1.165, 1.54) is 0 Å². The van der Waals surface area contributed by atoms with Crippen molar-refractivity contribution in [3.63, 3.8) is 0 Å². The first kappa shape index (κ1) is 28.6. The molecule has 0 aliphatic carbocycles. The molecule has 0 spiro atoms. The molecular formula is C45H29N3O. The maximum Gasteiger partial charge on any atom is 0.164 e. The molecule has 0 radical (unpaired) electrons. The molecule has 7 aromatic carbocycles. The topological polar surface area (TPSA) is 51.8 Å². The van der Waals surface area contributed by atoms with Crippen molar-refractivity contribution in [2.75, 3.05) is 0 Å². The molecule has 2 aromatic heterocycles. The van der Waals surface area contributed by atoms with E-state index in [2.05, 4.69) is 97.1 Å². The van der Waals surface area contributed by atoms with Crippen molar-refractivity contribution in [3.8, 4) is 67.5 Å². The zero-order chi connectivity index (χ0) is 32.6. The summed E-state index contributed by atoms with van der Waals surface area (Å²) in [5.41, 5.74) is 11.0. The van der Waals surface area contributed by atoms with E-state index in [1.807, 2.05) is 78.9 Å². The largest absolute Gasteiger partial charge is 0.456 e. The van der Waals surface area contributed by atoms with Crippen LogP contribution in [0.2, 0.25) is 0 Å². The highest BCUT2D eigenvalue weighted by Gasteiger charge is 2.20. The molecule has 0 saturated carbocycles. The van der Waals surface area contributed by atoms with Crippen LogP contribution in [0.3, 0.4) is 0 Å². The molecule has 0 atom stereocenters. The second kappa shape index (κ2) is 12.2. The molecule has 0 N–H and O–H groups in total. The average molecular weight is 628 g/mol. The van der Waals surface area contributed by atoms with Crippen molar-refractivity contribution in [1.82, 2.24) is 15.0 Å². The monoisotopic (exact) mass is 627 g/mol. The Hall–Kier alpha value is -6.65. The van der Waals surface area contributed by atoms with E-state index in [0.717, 1.165) is 72.0 Å². The fraction of sp³-hybridized carbons (Fsp3) is 0. The summed E-state index contributed by atoms with van der Waals surface area (Å²) in [6.45, 7) is 0. The molecule has 0 amide bonds. The summed E-state index contributed by atoms with van der Waals surface area (Å²) in [6.07, 6.45) is 0. The van der Waals surface area contributed by atoms with Gasteiger partial charge in [0.05, 0.1) is 0 Å². The van der Waals surface area contributed by atoms with E-state index in [1.54, 1.807) is 0 Å². The van der Waals surface area contributed by atoms with Crippen LogP contribution in [0.15, 0.2) is 180 Å². The molecule has 0 fully saturated rings. The normalized spacial score (nSPS) is 11.3. The highest BCUT2D eigenvalue weighted by Crippen LogP contribution is 2.41. The standard InChI is InChI=1S/C45H29N3O/c1-5-15-30(16-6-1)34-25-35(31-17-7-2-8-18-31)27-36(26-34)37-28-39(42-38-23-13-14-24-40(38)49-41(42)29-37)45-47-43(32-19-9-3-10-20-32)46-44(48-45)33-21-11-4-12-22-33/h1-29H. The Balaban J connectivity index is 1.33. The van der Waals surface area contributed by atoms with Gasteiger partial charge in [-0.1, -0.05) is 140 Å². The van der Waals surface area contributed by atoms with E-state index in [-0.39, 0.29) is 0 Å². The summed E-state index contributed by atoms with van der Waals surface area (Å²) in [5, 5.41) is 2.00. The average Bonchev–Trinajstić information content (AvgIpc) is 3.57. The third-order valence-electron chi connectivity index (χ3n) is 8.90. The minimum atomic E-state index is 0.591. The Morgan fingerprint density at radius 1 is 0.306 bits per heavy atom. The molecule has 9 aromatic rings. The number of aromatic nitrogens is 3. The van der Waals surface area contributed by atoms with Crippen LogP contribution in [0.25, 0.3) is 89.5 Å². The number of fused-ring (bicyclic) bond motifs is 3. The molecule has 4 nitrogen and oxygen atoms in total. The Morgan fingerprint density at radius 2 is 0.714 bits per heavy atom. The van der Waals surface area contributed by atoms with Gasteiger partial charge >= 0.3 is 0 Å². The summed E-state index contributed by atoms with van der Waals surface area (Å²) in [5.74, 6) is 1.83. The first-order chi connectivity index (χ1) is 24.3. The van der Waals surface area contributed by atoms with E-state index in [9.17, 15) is 0 Å². The Morgan fingerprint density at radius 3 is 1.24 bits per heavy atom. The van der Waals surface area contributed by atoms with Crippen molar-refractivity contribution >= 4 is 21.9 Å². The molecule has 9 rings (SSSR count). The molecule has 49 heavy (non-hydrogen) atoms. The van der Waals surface area contributed by atoms with Gasteiger partial charge in [0.25, 0.3) is 0 Å². The van der Waals surface area contributed by atoms with Gasteiger partial charge in [0.15, 0.2) is 17.5 Å². The van der Waals surface area contributed by atoms with Gasteiger partial charge in [-0.3, -0.25) is 0 Å². The molecule has 0 unspecified atom stereocenters. The van der Waals surface area contributed by atoms with Gasteiger partial charge in [0, 0.05) is 27.5 Å². The van der Waals surface area contributed by atoms with Gasteiger partial charge in [0.1, 0.15) is 11.2 Å². The highest BCUT2D eigenvalue weighted by molar-refractivity contribution is 6.13. The number of furan rings is 1. The van der Waals surface area contributed by atoms with Gasteiger partial charge in [-0.2, -0.15) is 0 Å². The minimum absolute atomic E-state index is 0.591. The number of para-hydroxylation sites is 1. The maximum atomic E-state index is 6.57. The summed E-state index contributed by atoms with van der Waals surface area (Å²) < 4.78 is 6.57. The molecule has 0 aliphatic rings. The Bertz CT molecular complexity index is 2460. The molecule has 0 saturated heterocycles. The lowest BCUT2D eigenvalue weighted by molar-refractivity contribution is 0.669. The molecule has 0 aliphatic heterocycles. The van der Waals surface area contributed by atoms with Crippen molar-refractivity contribution < 1.29 is 4.42 Å². The van der Waals surface area contributed by atoms with Gasteiger partial charge in [-0.05, 0) is 69.8 Å². The number of rotatable bonds is 6. The lowest BCUT2D eigenvalue weighted by atomic mass is 9.92. The summed E-state index contributed by atoms with van der Waals surface area (Å²) in [4.78, 5) is 15.2. The van der Waals surface area contributed by atoms with Gasteiger partial charge in [-0.15, -0.1) is 0 Å². The fourth-order valence-electron chi connectivity index (χ4n) is 6.52. The van der Waals surface area contributed by atoms with E-state index in [4.69, 9.17) is 19.4 Å². The van der Waals surface area contributed by atoms with Crippen molar-refractivity contribution in [2.24, 2.45) is 0 Å². The molecule has 230 valence electrons. The van der Waals surface area contributed by atoms with Gasteiger partial charge < -0.3 is 4.42 Å². The first-order valence-corrected chi connectivity index (χ1v) is 16.4. The number of benzene rings is 7. The van der Waals surface area contributed by atoms with E-state index in [0.29, 0.717) is 17.5 Å². The van der Waals surface area contributed by atoms with Crippen LogP contribution in [0, 0.1) is 0 Å². The van der Waals surface area contributed by atoms with Crippen LogP contribution in [0.4, 0.5) is 0 Å². The number of nitrogens with zero attached hydrogens (tertiary/aromatic N) is 3. The zero-order valence-corrected chi connectivity index (χ0v) is 26.5. The molecular weight excluding hydrogens is 599 g/mol. The van der Waals surface area contributed by atoms with Crippen LogP contribution in [-0.2, 0) is 0 Å². The second-order valence-electron chi connectivity index (χ2n) is 12.1. The predicted octanol–water partition coefficient (Wildman–Crippen LogP) is 11.8. The smallest absolute Gasteiger partial charge is 0.164 e. The third kappa shape index (κ3) is 5.45. The lowest BCUT2D eigenvalue weighted by Gasteiger charge is -2.13. The van der Waals surface area contributed by atoms with Crippen molar-refractivity contribution in [1.29, 1.82) is 0 Å². The van der Waals surface area contributed by atoms with Crippen LogP contribution in [0.1, 0.15) is 0 Å². The van der Waals surface area contributed by atoms with Crippen LogP contribution in [-0.4, -0.2) is 15.0 Å². The van der Waals surface area contributed by atoms with E-state index < -0.39 is 0 Å². The molecule has 4 heteroatoms. The first-order valence-electron chi connectivity index (χ1n) is 16.4. The second-order valence-corrected chi connectivity index (χ2v) is 12.1. The fourth-order valence-corrected chi connectivity index (χ4v) is 6.52. The third-order valence-corrected chi connectivity index (χ3v) is 8.90. The highest BCUT2D eigenvalue weighted by atomic mass is 16.3. The molecule has 2 heterocycles. The molecule has 0 bridgehead atoms. The number of hydrogen-bond acceptors (Lipinski definition) is 4. The predicted molar refractivity (Wildman–Crippen MR) is 200 cm³/mol. The number of hydrogen-bond donors (Lipinski definition) is 0. The minimum Gasteiger partial charge on any atom is -0.456 e. The van der Waals surface area contributed by atoms with Crippen LogP contribution >= 0.6 is 0 Å². The Labute approximate surface area is 284 Å². The van der Waals surface area contributed by atoms with E-state index >= 15 is 0 Å². The zero-order valence-electron chi connectivity index (χ0n) is 26.5. The quantitative estimate of drug-likeness (QED) is 0.184. The Kier molecular flexibility index (Phi) is 7.10. The summed E-state index contributed by atoms with van der Waals surface area (Å²) in [6, 6.07) is 60.5. The van der Waals surface area contributed by atoms with Gasteiger partial charge in [0.2, 0.25) is 0 Å². The van der Waals surface area contributed by atoms with Crippen molar-refractivity contribution in [3.05, 3.63) is 176 Å². The summed E-state index contributed by atoms with van der Waals surface area (Å²) >= 11 is 0. The van der Waals surface area contributed by atoms with Crippen molar-refractivity contribution in [2.45, 2.75) is 0 Å². The maximum absolute atomic E-state index is 6.57. The van der Waals surface area contributed by atoms with Gasteiger partial charge in [-0.25, -0.2) is 15.0 Å².